The fraction of sp³-hybridized carbons (Fsp3) is 0.750. The molecule has 1 saturated carbocycles. The van der Waals surface area contributed by atoms with Crippen LogP contribution in [0.2, 0.25) is 0 Å². The number of rotatable bonds is 4. The Hall–Kier alpha value is -0.820. The number of hydrogen-bond donors (Lipinski definition) is 2. The zero-order valence-electron chi connectivity index (χ0n) is 11.3. The van der Waals surface area contributed by atoms with E-state index in [4.69, 9.17) is 5.73 Å². The van der Waals surface area contributed by atoms with Gasteiger partial charge in [0.05, 0.1) is 5.25 Å². The molecular weight excluding hydrogens is 280 g/mol. The average Bonchev–Trinajstić information content (AvgIpc) is 2.77. The summed E-state index contributed by atoms with van der Waals surface area (Å²) < 4.78 is 0.747. The number of anilines is 1. The van der Waals surface area contributed by atoms with Crippen LogP contribution >= 0.6 is 23.1 Å². The first-order valence-corrected chi connectivity index (χ1v) is 8.32. The highest BCUT2D eigenvalue weighted by Crippen LogP contribution is 2.28. The average molecular weight is 300 g/mol. The van der Waals surface area contributed by atoms with Gasteiger partial charge in [-0.25, -0.2) is 0 Å². The molecule has 5 nitrogen and oxygen atoms in total. The van der Waals surface area contributed by atoms with E-state index in [1.807, 2.05) is 6.92 Å². The monoisotopic (exact) mass is 300 g/mol. The van der Waals surface area contributed by atoms with Crippen molar-refractivity contribution in [2.45, 2.75) is 55.2 Å². The number of nitrogens with zero attached hydrogens (tertiary/aromatic N) is 2. The van der Waals surface area contributed by atoms with E-state index >= 15 is 0 Å². The minimum atomic E-state index is -0.165. The van der Waals surface area contributed by atoms with Crippen molar-refractivity contribution in [3.63, 3.8) is 0 Å². The van der Waals surface area contributed by atoms with Gasteiger partial charge in [0.25, 0.3) is 0 Å². The fourth-order valence-corrected chi connectivity index (χ4v) is 4.09. The summed E-state index contributed by atoms with van der Waals surface area (Å²) in [7, 11) is 0. The zero-order valence-corrected chi connectivity index (χ0v) is 12.9. The van der Waals surface area contributed by atoms with E-state index in [1.165, 1.54) is 42.4 Å². The smallest absolute Gasteiger partial charge is 0.233 e. The second-order valence-electron chi connectivity index (χ2n) is 5.04. The van der Waals surface area contributed by atoms with E-state index in [9.17, 15) is 4.79 Å². The van der Waals surface area contributed by atoms with Gasteiger partial charge in [-0.1, -0.05) is 42.9 Å². The number of carbonyl (C=O) groups excluding carboxylic acids is 1. The van der Waals surface area contributed by atoms with E-state index in [0.29, 0.717) is 17.1 Å². The lowest BCUT2D eigenvalue weighted by molar-refractivity contribution is -0.121. The highest BCUT2D eigenvalue weighted by molar-refractivity contribution is 8.02. The molecule has 1 amide bonds. The predicted molar refractivity (Wildman–Crippen MR) is 79.2 cm³/mol. The van der Waals surface area contributed by atoms with E-state index in [1.54, 1.807) is 0 Å². The molecule has 19 heavy (non-hydrogen) atoms. The summed E-state index contributed by atoms with van der Waals surface area (Å²) in [5.74, 6) is 0.657. The molecule has 1 aliphatic rings. The molecule has 106 valence electrons. The highest BCUT2D eigenvalue weighted by atomic mass is 32.2. The minimum Gasteiger partial charge on any atom is -0.374 e. The Kier molecular flexibility index (Phi) is 5.04. The van der Waals surface area contributed by atoms with Crippen molar-refractivity contribution in [3.05, 3.63) is 0 Å². The van der Waals surface area contributed by atoms with Crippen molar-refractivity contribution < 1.29 is 4.79 Å². The van der Waals surface area contributed by atoms with E-state index in [0.717, 1.165) is 10.8 Å². The molecule has 0 aromatic carbocycles. The van der Waals surface area contributed by atoms with Gasteiger partial charge in [0, 0.05) is 6.04 Å². The van der Waals surface area contributed by atoms with Crippen LogP contribution in [0.5, 0.6) is 0 Å². The summed E-state index contributed by atoms with van der Waals surface area (Å²) in [4.78, 5) is 12.2. The van der Waals surface area contributed by atoms with Crippen LogP contribution in [-0.4, -0.2) is 27.4 Å². The van der Waals surface area contributed by atoms with Gasteiger partial charge >= 0.3 is 0 Å². The van der Waals surface area contributed by atoms with Crippen molar-refractivity contribution >= 4 is 34.1 Å². The number of nitrogens with two attached hydrogens (primary N) is 1. The quantitative estimate of drug-likeness (QED) is 0.834. The van der Waals surface area contributed by atoms with Crippen molar-refractivity contribution in [1.82, 2.24) is 15.5 Å². The summed E-state index contributed by atoms with van der Waals surface area (Å²) in [5.41, 5.74) is 5.53. The Morgan fingerprint density at radius 3 is 2.84 bits per heavy atom. The van der Waals surface area contributed by atoms with Gasteiger partial charge in [-0.15, -0.1) is 10.2 Å². The van der Waals surface area contributed by atoms with Crippen LogP contribution in [0.25, 0.3) is 0 Å². The summed E-state index contributed by atoms with van der Waals surface area (Å²) in [6.45, 7) is 4.11. The summed E-state index contributed by atoms with van der Waals surface area (Å²) in [6.07, 6.45) is 4.79. The zero-order chi connectivity index (χ0) is 13.8. The van der Waals surface area contributed by atoms with Crippen LogP contribution < -0.4 is 11.1 Å². The molecule has 1 aromatic heterocycles. The normalized spacial score (nSPS) is 24.9. The van der Waals surface area contributed by atoms with Gasteiger partial charge in [0.1, 0.15) is 0 Å². The third-order valence-corrected chi connectivity index (χ3v) is 5.44. The van der Waals surface area contributed by atoms with Crippen LogP contribution in [0.3, 0.4) is 0 Å². The second kappa shape index (κ2) is 6.56. The van der Waals surface area contributed by atoms with Gasteiger partial charge in [-0.2, -0.15) is 0 Å². The number of hydrogen-bond acceptors (Lipinski definition) is 6. The van der Waals surface area contributed by atoms with Crippen molar-refractivity contribution in [3.8, 4) is 0 Å². The molecule has 0 spiro atoms. The lowest BCUT2D eigenvalue weighted by Gasteiger charge is -2.30. The molecule has 2 rings (SSSR count). The number of nitrogens with one attached hydrogen (secondary N) is 1. The Morgan fingerprint density at radius 1 is 1.47 bits per heavy atom. The van der Waals surface area contributed by atoms with Crippen LogP contribution in [0.15, 0.2) is 4.34 Å². The molecule has 1 aromatic rings. The number of thioether (sulfide) groups is 1. The van der Waals surface area contributed by atoms with Crippen LogP contribution in [0, 0.1) is 5.92 Å². The molecule has 0 saturated heterocycles. The van der Waals surface area contributed by atoms with Gasteiger partial charge < -0.3 is 11.1 Å². The van der Waals surface area contributed by atoms with E-state index in [2.05, 4.69) is 22.4 Å². The maximum absolute atomic E-state index is 12.2. The number of amides is 1. The summed E-state index contributed by atoms with van der Waals surface area (Å²) in [5, 5.41) is 11.1. The molecule has 1 aliphatic carbocycles. The summed E-state index contributed by atoms with van der Waals surface area (Å²) >= 11 is 2.73. The van der Waals surface area contributed by atoms with Crippen LogP contribution in [0.1, 0.15) is 39.5 Å². The minimum absolute atomic E-state index is 0.0810. The standard InChI is InChI=1S/C12H20N4OS2/c1-7-5-3-4-6-9(7)14-10(17)8(2)18-12-16-15-11(13)19-12/h7-9H,3-6H2,1-2H3,(H2,13,15)(H,14,17)/t7-,8-,9-/m1/s1. The molecular formula is C12H20N4OS2. The first-order chi connectivity index (χ1) is 9.06. The Morgan fingerprint density at radius 2 is 2.21 bits per heavy atom. The van der Waals surface area contributed by atoms with E-state index in [-0.39, 0.29) is 11.2 Å². The third-order valence-electron chi connectivity index (χ3n) is 3.51. The summed E-state index contributed by atoms with van der Waals surface area (Å²) in [6, 6.07) is 0.323. The van der Waals surface area contributed by atoms with Crippen LogP contribution in [0.4, 0.5) is 5.13 Å². The molecule has 0 radical (unpaired) electrons. The maximum Gasteiger partial charge on any atom is 0.233 e. The predicted octanol–water partition coefficient (Wildman–Crippen LogP) is 2.30. The topological polar surface area (TPSA) is 80.9 Å². The largest absolute Gasteiger partial charge is 0.374 e. The molecule has 0 unspecified atom stereocenters. The fourth-order valence-electron chi connectivity index (χ4n) is 2.30. The first-order valence-electron chi connectivity index (χ1n) is 6.62. The van der Waals surface area contributed by atoms with Gasteiger partial charge in [0.2, 0.25) is 11.0 Å². The molecule has 1 heterocycles. The molecule has 1 fully saturated rings. The van der Waals surface area contributed by atoms with Gasteiger partial charge in [-0.05, 0) is 25.7 Å². The van der Waals surface area contributed by atoms with Gasteiger partial charge in [-0.3, -0.25) is 4.79 Å². The lowest BCUT2D eigenvalue weighted by atomic mass is 9.86. The molecule has 0 bridgehead atoms. The highest BCUT2D eigenvalue weighted by Gasteiger charge is 2.25. The lowest BCUT2D eigenvalue weighted by Crippen LogP contribution is -2.44. The van der Waals surface area contributed by atoms with Crippen LogP contribution in [-0.2, 0) is 4.79 Å². The SMILES string of the molecule is C[C@@H]1CCCC[C@H]1NC(=O)[C@@H](C)Sc1nnc(N)s1. The molecule has 3 atom stereocenters. The molecule has 7 heteroatoms. The second-order valence-corrected chi connectivity index (χ2v) is 7.64. The first kappa shape index (κ1) is 14.6. The number of aromatic nitrogens is 2. The Balaban J connectivity index is 1.85. The maximum atomic E-state index is 12.2. The Labute approximate surface area is 121 Å². The Bertz CT molecular complexity index is 437. The molecule has 3 N–H and O–H groups in total. The molecule has 0 aliphatic heterocycles. The third kappa shape index (κ3) is 4.07. The van der Waals surface area contributed by atoms with Crippen molar-refractivity contribution in [2.24, 2.45) is 5.92 Å². The number of nitrogen functional groups attached to an aromatic ring is 1. The van der Waals surface area contributed by atoms with Crippen molar-refractivity contribution in [1.29, 1.82) is 0 Å². The van der Waals surface area contributed by atoms with Crippen molar-refractivity contribution in [2.75, 3.05) is 5.73 Å². The number of carbonyl (C=O) groups is 1. The van der Waals surface area contributed by atoms with E-state index < -0.39 is 0 Å². The van der Waals surface area contributed by atoms with Gasteiger partial charge in [0.15, 0.2) is 4.34 Å².